The molecule has 1 saturated carbocycles. The molecule has 20 heavy (non-hydrogen) atoms. The first kappa shape index (κ1) is 16.3. The first-order valence-electron chi connectivity index (χ1n) is 8.80. The molecule has 0 aromatic carbocycles. The Kier molecular flexibility index (Phi) is 6.79. The Morgan fingerprint density at radius 3 is 2.65 bits per heavy atom. The Balaban J connectivity index is 1.98. The number of ether oxygens (including phenoxy) is 1. The Morgan fingerprint density at radius 1 is 1.15 bits per heavy atom. The van der Waals surface area contributed by atoms with Gasteiger partial charge < -0.3 is 10.1 Å². The van der Waals surface area contributed by atoms with E-state index in [1.807, 2.05) is 7.11 Å². The van der Waals surface area contributed by atoms with Crippen molar-refractivity contribution in [2.45, 2.75) is 89.4 Å². The smallest absolute Gasteiger partial charge is 0.0586 e. The summed E-state index contributed by atoms with van der Waals surface area (Å²) in [6.45, 7) is 7.05. The zero-order valence-electron chi connectivity index (χ0n) is 13.7. The zero-order chi connectivity index (χ0) is 14.4. The molecule has 2 fully saturated rings. The topological polar surface area (TPSA) is 24.5 Å². The van der Waals surface area contributed by atoms with E-state index >= 15 is 0 Å². The van der Waals surface area contributed by atoms with Gasteiger partial charge in [-0.15, -0.1) is 0 Å². The van der Waals surface area contributed by atoms with Crippen molar-refractivity contribution in [2.24, 2.45) is 0 Å². The minimum absolute atomic E-state index is 0.496. The number of methoxy groups -OCH3 is 1. The van der Waals surface area contributed by atoms with Crippen LogP contribution in [-0.2, 0) is 4.74 Å². The second kappa shape index (κ2) is 8.35. The number of hydrogen-bond acceptors (Lipinski definition) is 3. The number of piperazine rings is 1. The van der Waals surface area contributed by atoms with Crippen molar-refractivity contribution in [3.63, 3.8) is 0 Å². The number of rotatable bonds is 6. The Hall–Kier alpha value is -0.120. The predicted molar refractivity (Wildman–Crippen MR) is 85.2 cm³/mol. The second-order valence-electron chi connectivity index (χ2n) is 6.71. The van der Waals surface area contributed by atoms with Crippen LogP contribution in [-0.4, -0.2) is 49.3 Å². The lowest BCUT2D eigenvalue weighted by molar-refractivity contribution is -0.00245. The van der Waals surface area contributed by atoms with E-state index in [9.17, 15) is 0 Å². The number of hydrogen-bond donors (Lipinski definition) is 1. The van der Waals surface area contributed by atoms with Crippen molar-refractivity contribution < 1.29 is 4.74 Å². The maximum atomic E-state index is 5.64. The second-order valence-corrected chi connectivity index (χ2v) is 6.71. The summed E-state index contributed by atoms with van der Waals surface area (Å²) in [5.41, 5.74) is 0. The van der Waals surface area contributed by atoms with E-state index in [1.54, 1.807) is 0 Å². The van der Waals surface area contributed by atoms with Gasteiger partial charge in [0.25, 0.3) is 0 Å². The molecule has 1 saturated heterocycles. The lowest BCUT2D eigenvalue weighted by Gasteiger charge is -2.47. The van der Waals surface area contributed by atoms with Gasteiger partial charge in [-0.05, 0) is 38.5 Å². The van der Waals surface area contributed by atoms with Gasteiger partial charge in [0.15, 0.2) is 0 Å². The normalized spacial score (nSPS) is 36.1. The fourth-order valence-electron chi connectivity index (χ4n) is 4.11. The lowest BCUT2D eigenvalue weighted by Crippen LogP contribution is -2.60. The van der Waals surface area contributed by atoms with Crippen molar-refractivity contribution in [1.29, 1.82) is 0 Å². The maximum Gasteiger partial charge on any atom is 0.0586 e. The molecule has 1 aliphatic carbocycles. The SMILES string of the molecule is CCCC1CN(C2CCCC(OC)C2)C(CCC)CN1. The molecule has 2 rings (SSSR count). The zero-order valence-corrected chi connectivity index (χ0v) is 13.7. The summed E-state index contributed by atoms with van der Waals surface area (Å²) < 4.78 is 5.64. The molecular weight excluding hydrogens is 248 g/mol. The lowest BCUT2D eigenvalue weighted by atomic mass is 9.88. The van der Waals surface area contributed by atoms with Crippen molar-refractivity contribution in [1.82, 2.24) is 10.2 Å². The fourth-order valence-corrected chi connectivity index (χ4v) is 4.11. The third kappa shape index (κ3) is 4.19. The van der Waals surface area contributed by atoms with Crippen molar-refractivity contribution in [3.8, 4) is 0 Å². The van der Waals surface area contributed by atoms with Crippen LogP contribution >= 0.6 is 0 Å². The van der Waals surface area contributed by atoms with Crippen LogP contribution in [0.25, 0.3) is 0 Å². The fraction of sp³-hybridized carbons (Fsp3) is 1.00. The monoisotopic (exact) mass is 282 g/mol. The van der Waals surface area contributed by atoms with Crippen LogP contribution in [0, 0.1) is 0 Å². The summed E-state index contributed by atoms with van der Waals surface area (Å²) in [4.78, 5) is 2.84. The van der Waals surface area contributed by atoms with Crippen LogP contribution in [0.4, 0.5) is 0 Å². The van der Waals surface area contributed by atoms with E-state index in [0.29, 0.717) is 12.1 Å². The maximum absolute atomic E-state index is 5.64. The molecule has 0 aromatic rings. The molecule has 118 valence electrons. The first-order chi connectivity index (χ1) is 9.78. The molecule has 1 N–H and O–H groups in total. The molecule has 0 aromatic heterocycles. The van der Waals surface area contributed by atoms with E-state index in [0.717, 1.165) is 12.1 Å². The standard InChI is InChI=1S/C17H34N2O/c1-4-7-14-13-19(16(8-5-2)12-18-14)15-9-6-10-17(11-15)20-3/h14-18H,4-13H2,1-3H3. The molecule has 2 aliphatic rings. The van der Waals surface area contributed by atoms with Crippen molar-refractivity contribution in [2.75, 3.05) is 20.2 Å². The minimum Gasteiger partial charge on any atom is -0.381 e. The van der Waals surface area contributed by atoms with Gasteiger partial charge in [-0.25, -0.2) is 0 Å². The van der Waals surface area contributed by atoms with Crippen LogP contribution in [0.1, 0.15) is 65.2 Å². The van der Waals surface area contributed by atoms with Gasteiger partial charge in [0.2, 0.25) is 0 Å². The van der Waals surface area contributed by atoms with Crippen LogP contribution in [0.3, 0.4) is 0 Å². The van der Waals surface area contributed by atoms with Gasteiger partial charge in [-0.3, -0.25) is 4.90 Å². The molecule has 1 heterocycles. The van der Waals surface area contributed by atoms with Crippen LogP contribution < -0.4 is 5.32 Å². The molecule has 4 unspecified atom stereocenters. The summed E-state index contributed by atoms with van der Waals surface area (Å²) in [7, 11) is 1.88. The highest BCUT2D eigenvalue weighted by Crippen LogP contribution is 2.29. The molecule has 0 spiro atoms. The van der Waals surface area contributed by atoms with E-state index in [-0.39, 0.29) is 0 Å². The van der Waals surface area contributed by atoms with Gasteiger partial charge in [-0.1, -0.05) is 26.7 Å². The number of nitrogens with zero attached hydrogens (tertiary/aromatic N) is 1. The molecular formula is C17H34N2O. The summed E-state index contributed by atoms with van der Waals surface area (Å²) in [6.07, 6.45) is 10.9. The van der Waals surface area contributed by atoms with Crippen LogP contribution in [0.15, 0.2) is 0 Å². The molecule has 0 amide bonds. The largest absolute Gasteiger partial charge is 0.381 e. The average molecular weight is 282 g/mol. The Labute approximate surface area is 125 Å². The van der Waals surface area contributed by atoms with Gasteiger partial charge in [0, 0.05) is 38.3 Å². The van der Waals surface area contributed by atoms with E-state index in [1.165, 1.54) is 64.5 Å². The third-order valence-corrected chi connectivity index (χ3v) is 5.20. The first-order valence-corrected chi connectivity index (χ1v) is 8.80. The van der Waals surface area contributed by atoms with Gasteiger partial charge in [-0.2, -0.15) is 0 Å². The summed E-state index contributed by atoms with van der Waals surface area (Å²) >= 11 is 0. The molecule has 0 radical (unpaired) electrons. The predicted octanol–water partition coefficient (Wildman–Crippen LogP) is 3.19. The quantitative estimate of drug-likeness (QED) is 0.810. The highest BCUT2D eigenvalue weighted by molar-refractivity contribution is 4.92. The van der Waals surface area contributed by atoms with Crippen LogP contribution in [0.5, 0.6) is 0 Å². The van der Waals surface area contributed by atoms with Crippen molar-refractivity contribution in [3.05, 3.63) is 0 Å². The summed E-state index contributed by atoms with van der Waals surface area (Å²) in [5, 5.41) is 3.78. The van der Waals surface area contributed by atoms with Gasteiger partial charge >= 0.3 is 0 Å². The van der Waals surface area contributed by atoms with Crippen LogP contribution in [0.2, 0.25) is 0 Å². The van der Waals surface area contributed by atoms with Gasteiger partial charge in [0.1, 0.15) is 0 Å². The Morgan fingerprint density at radius 2 is 1.95 bits per heavy atom. The third-order valence-electron chi connectivity index (χ3n) is 5.20. The number of nitrogens with one attached hydrogen (secondary N) is 1. The summed E-state index contributed by atoms with van der Waals surface area (Å²) in [6, 6.07) is 2.21. The van der Waals surface area contributed by atoms with Gasteiger partial charge in [0.05, 0.1) is 6.10 Å². The summed E-state index contributed by atoms with van der Waals surface area (Å²) in [5.74, 6) is 0. The molecule has 0 bridgehead atoms. The molecule has 1 aliphatic heterocycles. The minimum atomic E-state index is 0.496. The average Bonchev–Trinajstić information content (AvgIpc) is 2.49. The molecule has 4 atom stereocenters. The van der Waals surface area contributed by atoms with E-state index in [4.69, 9.17) is 4.74 Å². The van der Waals surface area contributed by atoms with E-state index in [2.05, 4.69) is 24.1 Å². The highest BCUT2D eigenvalue weighted by Gasteiger charge is 2.34. The Bertz CT molecular complexity index is 272. The van der Waals surface area contributed by atoms with Crippen molar-refractivity contribution >= 4 is 0 Å². The van der Waals surface area contributed by atoms with E-state index < -0.39 is 0 Å². The molecule has 3 nitrogen and oxygen atoms in total. The highest BCUT2D eigenvalue weighted by atomic mass is 16.5. The molecule has 3 heteroatoms.